The van der Waals surface area contributed by atoms with Gasteiger partial charge in [0, 0.05) is 16.2 Å². The summed E-state index contributed by atoms with van der Waals surface area (Å²) in [4.78, 5) is 76.6. The van der Waals surface area contributed by atoms with E-state index in [-0.39, 0.29) is 128 Å². The molecular weight excluding hydrogens is 1490 g/mol. The maximum absolute atomic E-state index is 12.6. The molecule has 17 unspecified atom stereocenters. The van der Waals surface area contributed by atoms with Crippen LogP contribution in [-0.4, -0.2) is 89.4 Å². The standard InChI is InChI=1S/C21H36O3.C19H34O2.C18H30O4.2C15H26O2.C10H16.C6H12O2/c1-7-18(2,3)17(22)24-13-21(23)15-10-9-14-16(15)19(4,5)11-8-12-20(14,21)6;1-5-7-8-9-18-10-13-19(14-11-18,15-12-18)21-16(20)17(3,4)6-2;1-8-16(3,4)15(19)21-14-13(11(2)22-20)12-9-10-18(14,7)17(12,5)6;1-6-10(2)13(16)17-12-9-11-7-8-15(12,5)14(11,3)4;1-4-15(2,3)14(16)17-13-11-7-5-8-12(13)10-6-9-11;1-2-9-7-4-5-8(6-7)10(9)3-1;1-4-5(2)6(7)8-3/h14-16,23H,7-13H2,1-6H3;5-15H2,1-4H3;12-14,20H,2,8-10H2,1,3-7H3;10-12H,6-9H2,1-5H3;11-13H,4-10H2,1-3H3;7-10H,1-6H2;5H,4H2,1-3H3/t14?,15?,16?,20-,21?;;;;;;/m0....../s1. The summed E-state index contributed by atoms with van der Waals surface area (Å²) in [7, 11) is 1.41. The van der Waals surface area contributed by atoms with Crippen molar-refractivity contribution in [3.8, 4) is 0 Å². The van der Waals surface area contributed by atoms with Gasteiger partial charge in [-0.15, -0.1) is 0 Å². The van der Waals surface area contributed by atoms with Crippen molar-refractivity contribution in [3.05, 3.63) is 12.3 Å². The molecule has 0 aromatic rings. The molecule has 0 heterocycles. The Balaban J connectivity index is 0.000000177. The van der Waals surface area contributed by atoms with Crippen molar-refractivity contribution < 1.29 is 72.4 Å². The first-order valence-electron chi connectivity index (χ1n) is 49.3. The number of fused-ring (bicyclic) bond motifs is 14. The van der Waals surface area contributed by atoms with E-state index >= 15 is 0 Å². The summed E-state index contributed by atoms with van der Waals surface area (Å²) in [6.45, 7) is 58.6. The van der Waals surface area contributed by atoms with Crippen LogP contribution in [0.2, 0.25) is 0 Å². The normalized spacial score (nSPS) is 37.4. The zero-order valence-electron chi connectivity index (χ0n) is 81.3. The molecule has 0 radical (unpaired) electrons. The Labute approximate surface area is 726 Å². The SMILES string of the molecule is C1CC2C3CCC(C3)C2C1.C=C(OO)C1C2CCC(C)(C1OC(=O)C(C)(C)CC)C2(C)C.CCC(C)(C)C(=O)OC1C2CCCC1CCC2.CCC(C)(C)C(=O)OCC1(O)C2CCC3C2C(C)(C)CCC[C@@]31C.CCC(C)C(=O)OC.CCC(C)C(=O)OC1CC2CCC1(C)C2(C)C.CCCCCC12CCC(OC(=O)C(C)(C)CC)(CC1)CC2. The highest BCUT2D eigenvalue weighted by atomic mass is 17.1. The van der Waals surface area contributed by atoms with Gasteiger partial charge in [0.25, 0.3) is 0 Å². The van der Waals surface area contributed by atoms with Crippen LogP contribution in [-0.2, 0) is 62.1 Å². The molecule has 15 rings (SSSR count). The van der Waals surface area contributed by atoms with E-state index in [1.54, 1.807) is 38.5 Å². The topological polar surface area (TPSA) is 207 Å². The maximum atomic E-state index is 12.6. The number of carbonyl (C=O) groups is 6. The first-order chi connectivity index (χ1) is 55.4. The number of unbranched alkanes of at least 4 members (excludes halogenated alkanes) is 2. The van der Waals surface area contributed by atoms with Gasteiger partial charge in [-0.05, 0) is 341 Å². The highest BCUT2D eigenvalue weighted by Gasteiger charge is 2.73. The van der Waals surface area contributed by atoms with E-state index in [4.69, 9.17) is 28.9 Å². The fraction of sp³-hybridized carbons (Fsp3) is 0.923. The summed E-state index contributed by atoms with van der Waals surface area (Å²) in [6.07, 6.45) is 46.3. The molecule has 0 spiro atoms. The summed E-state index contributed by atoms with van der Waals surface area (Å²) in [5, 5.41) is 20.9. The van der Waals surface area contributed by atoms with Crippen LogP contribution in [0, 0.1) is 142 Å². The molecule has 686 valence electrons. The average Bonchev–Trinajstić information content (AvgIpc) is 1.53. The van der Waals surface area contributed by atoms with Crippen molar-refractivity contribution in [2.45, 2.75) is 454 Å². The van der Waals surface area contributed by atoms with Crippen molar-refractivity contribution in [1.82, 2.24) is 0 Å². The second-order valence-corrected chi connectivity index (χ2v) is 46.8. The zero-order valence-corrected chi connectivity index (χ0v) is 81.3. The predicted molar refractivity (Wildman–Crippen MR) is 478 cm³/mol. The summed E-state index contributed by atoms with van der Waals surface area (Å²) in [5.41, 5.74) is -1.41. The highest BCUT2D eigenvalue weighted by Crippen LogP contribution is 2.74. The lowest BCUT2D eigenvalue weighted by Gasteiger charge is -2.53. The molecule has 18 atom stereocenters. The van der Waals surface area contributed by atoms with Crippen molar-refractivity contribution >= 4 is 35.8 Å². The lowest BCUT2D eigenvalue weighted by Crippen LogP contribution is -2.55. The van der Waals surface area contributed by atoms with Crippen molar-refractivity contribution in [3.63, 3.8) is 0 Å². The lowest BCUT2D eigenvalue weighted by molar-refractivity contribution is -0.221. The molecular formula is C104H180O15. The van der Waals surface area contributed by atoms with Crippen molar-refractivity contribution in [2.75, 3.05) is 13.7 Å². The number of hydrogen-bond donors (Lipinski definition) is 2. The smallest absolute Gasteiger partial charge is 0.312 e. The van der Waals surface area contributed by atoms with Gasteiger partial charge in [-0.1, -0.05) is 176 Å². The van der Waals surface area contributed by atoms with Crippen LogP contribution in [0.5, 0.6) is 0 Å². The van der Waals surface area contributed by atoms with Crippen LogP contribution >= 0.6 is 0 Å². The number of hydrogen-bond acceptors (Lipinski definition) is 15. The Kier molecular flexibility index (Phi) is 33.6. The lowest BCUT2D eigenvalue weighted by atomic mass is 9.57. The average molecular weight is 1670 g/mol. The summed E-state index contributed by atoms with van der Waals surface area (Å²) in [5.74, 6) is 8.40. The number of aliphatic hydroxyl groups is 1. The van der Waals surface area contributed by atoms with Gasteiger partial charge in [0.05, 0.1) is 46.5 Å². The summed E-state index contributed by atoms with van der Waals surface area (Å²) < 4.78 is 33.9. The first-order valence-corrected chi connectivity index (χ1v) is 49.3. The number of rotatable bonds is 24. The number of carbonyl (C=O) groups excluding carboxylic acids is 6. The minimum atomic E-state index is -0.849. The van der Waals surface area contributed by atoms with E-state index in [2.05, 4.69) is 99.3 Å². The van der Waals surface area contributed by atoms with E-state index in [1.165, 1.54) is 146 Å². The van der Waals surface area contributed by atoms with Gasteiger partial charge in [0.2, 0.25) is 0 Å². The monoisotopic (exact) mass is 1670 g/mol. The molecule has 0 saturated heterocycles. The zero-order chi connectivity index (χ0) is 88.9. The fourth-order valence-electron chi connectivity index (χ4n) is 26.1. The van der Waals surface area contributed by atoms with E-state index in [0.717, 1.165) is 95.8 Å². The minimum Gasteiger partial charge on any atom is -0.469 e. The second-order valence-electron chi connectivity index (χ2n) is 46.8. The molecule has 0 aliphatic heterocycles. The van der Waals surface area contributed by atoms with Crippen LogP contribution in [0.25, 0.3) is 0 Å². The molecule has 0 aromatic carbocycles. The second kappa shape index (κ2) is 39.7. The van der Waals surface area contributed by atoms with Gasteiger partial charge in [-0.2, -0.15) is 0 Å². The van der Waals surface area contributed by atoms with Crippen LogP contribution in [0.3, 0.4) is 0 Å². The molecule has 15 nitrogen and oxygen atoms in total. The predicted octanol–water partition coefficient (Wildman–Crippen LogP) is 26.4. The Bertz CT molecular complexity index is 3310. The van der Waals surface area contributed by atoms with Gasteiger partial charge < -0.3 is 38.4 Å². The van der Waals surface area contributed by atoms with Crippen LogP contribution < -0.4 is 0 Å². The summed E-state index contributed by atoms with van der Waals surface area (Å²) in [6, 6.07) is 0. The molecule has 15 fully saturated rings. The fourth-order valence-corrected chi connectivity index (χ4v) is 26.1. The van der Waals surface area contributed by atoms with Gasteiger partial charge in [-0.3, -0.25) is 28.8 Å². The molecule has 15 heteroatoms. The Morgan fingerprint density at radius 2 is 0.958 bits per heavy atom. The molecule has 2 N–H and O–H groups in total. The van der Waals surface area contributed by atoms with Gasteiger partial charge in [0.15, 0.2) is 0 Å². The third kappa shape index (κ3) is 20.8. The Hall–Kier alpha value is -3.72. The van der Waals surface area contributed by atoms with Crippen molar-refractivity contribution in [1.29, 1.82) is 0 Å². The molecule has 0 amide bonds. The van der Waals surface area contributed by atoms with E-state index in [9.17, 15) is 33.9 Å². The maximum Gasteiger partial charge on any atom is 0.312 e. The molecule has 15 aliphatic carbocycles. The van der Waals surface area contributed by atoms with E-state index in [0.29, 0.717) is 46.2 Å². The van der Waals surface area contributed by atoms with Gasteiger partial charge >= 0.3 is 35.8 Å². The quantitative estimate of drug-likeness (QED) is 0.0230. The highest BCUT2D eigenvalue weighted by molar-refractivity contribution is 5.78. The van der Waals surface area contributed by atoms with Crippen LogP contribution in [0.15, 0.2) is 12.3 Å². The third-order valence-electron chi connectivity index (χ3n) is 38.1. The third-order valence-corrected chi connectivity index (χ3v) is 38.1. The minimum absolute atomic E-state index is 0.00192. The largest absolute Gasteiger partial charge is 0.469 e. The number of methoxy groups -OCH3 is 1. The van der Waals surface area contributed by atoms with Crippen LogP contribution in [0.4, 0.5) is 0 Å². The van der Waals surface area contributed by atoms with Gasteiger partial charge in [-0.25, -0.2) is 5.26 Å². The Morgan fingerprint density at radius 1 is 0.471 bits per heavy atom. The van der Waals surface area contributed by atoms with Crippen molar-refractivity contribution in [2.24, 2.45) is 142 Å². The molecule has 15 aliphatic rings. The number of ether oxygens (including phenoxy) is 6. The number of esters is 6. The van der Waals surface area contributed by atoms with E-state index in [1.807, 2.05) is 96.9 Å². The summed E-state index contributed by atoms with van der Waals surface area (Å²) >= 11 is 0. The van der Waals surface area contributed by atoms with Crippen LogP contribution in [0.1, 0.15) is 424 Å². The van der Waals surface area contributed by atoms with Gasteiger partial charge in [0.1, 0.15) is 41.9 Å². The molecule has 14 bridgehead atoms. The molecule has 119 heavy (non-hydrogen) atoms. The molecule has 0 aromatic heterocycles. The van der Waals surface area contributed by atoms with E-state index < -0.39 is 16.4 Å². The molecule has 15 saturated carbocycles. The first kappa shape index (κ1) is 101. The Morgan fingerprint density at radius 3 is 1.43 bits per heavy atom.